The van der Waals surface area contributed by atoms with Crippen LogP contribution in [-0.4, -0.2) is 49.6 Å². The average Bonchev–Trinajstić information content (AvgIpc) is 2.82. The van der Waals surface area contributed by atoms with Crippen molar-refractivity contribution < 1.29 is 14.3 Å². The van der Waals surface area contributed by atoms with Crippen molar-refractivity contribution in [1.82, 2.24) is 10.2 Å². The highest BCUT2D eigenvalue weighted by atomic mass is 35.5. The van der Waals surface area contributed by atoms with Crippen LogP contribution in [0.4, 0.5) is 0 Å². The molecule has 1 saturated heterocycles. The molecule has 17 heavy (non-hydrogen) atoms. The monoisotopic (exact) mass is 264 g/mol. The fourth-order valence-corrected chi connectivity index (χ4v) is 1.87. The summed E-state index contributed by atoms with van der Waals surface area (Å²) in [6, 6.07) is -0.0578. The zero-order valence-electron chi connectivity index (χ0n) is 10.4. The minimum Gasteiger partial charge on any atom is -0.469 e. The Labute approximate surface area is 108 Å². The van der Waals surface area contributed by atoms with Gasteiger partial charge in [-0.3, -0.25) is 9.59 Å². The van der Waals surface area contributed by atoms with Gasteiger partial charge in [-0.05, 0) is 26.3 Å². The molecule has 0 aliphatic carbocycles. The standard InChI is InChI=1S/C11H20N2O3.ClH/c1-3-13(8-6-10(14)16-2)11(15)9-5-4-7-12-9;/h9,12H,3-8H2,1-2H3;1H. The van der Waals surface area contributed by atoms with Gasteiger partial charge in [0.05, 0.1) is 19.6 Å². The van der Waals surface area contributed by atoms with Gasteiger partial charge in [0.2, 0.25) is 5.91 Å². The minimum absolute atomic E-state index is 0. The Hall–Kier alpha value is -0.810. The molecule has 0 aromatic carbocycles. The zero-order valence-corrected chi connectivity index (χ0v) is 11.2. The van der Waals surface area contributed by atoms with Crippen LogP contribution in [0.5, 0.6) is 0 Å². The van der Waals surface area contributed by atoms with Crippen LogP contribution in [0.1, 0.15) is 26.2 Å². The predicted molar refractivity (Wildman–Crippen MR) is 67.2 cm³/mol. The highest BCUT2D eigenvalue weighted by Gasteiger charge is 2.26. The molecule has 6 heteroatoms. The third-order valence-electron chi connectivity index (χ3n) is 2.87. The average molecular weight is 265 g/mol. The van der Waals surface area contributed by atoms with Gasteiger partial charge in [-0.25, -0.2) is 0 Å². The molecule has 100 valence electrons. The van der Waals surface area contributed by atoms with E-state index in [-0.39, 0.29) is 36.7 Å². The highest BCUT2D eigenvalue weighted by molar-refractivity contribution is 5.85. The summed E-state index contributed by atoms with van der Waals surface area (Å²) in [5.41, 5.74) is 0. The molecule has 1 heterocycles. The minimum atomic E-state index is -0.273. The summed E-state index contributed by atoms with van der Waals surface area (Å²) in [6.07, 6.45) is 2.21. The van der Waals surface area contributed by atoms with Gasteiger partial charge in [0.15, 0.2) is 0 Å². The lowest BCUT2D eigenvalue weighted by atomic mass is 10.2. The van der Waals surface area contributed by atoms with Crippen LogP contribution < -0.4 is 5.32 Å². The molecule has 0 aromatic rings. The van der Waals surface area contributed by atoms with Crippen molar-refractivity contribution in [2.45, 2.75) is 32.2 Å². The van der Waals surface area contributed by atoms with Crippen LogP contribution in [0.25, 0.3) is 0 Å². The van der Waals surface area contributed by atoms with Gasteiger partial charge in [-0.1, -0.05) is 0 Å². The summed E-state index contributed by atoms with van der Waals surface area (Å²) < 4.78 is 4.56. The van der Waals surface area contributed by atoms with E-state index < -0.39 is 0 Å². The largest absolute Gasteiger partial charge is 0.469 e. The van der Waals surface area contributed by atoms with Crippen LogP contribution in [-0.2, 0) is 14.3 Å². The number of nitrogens with one attached hydrogen (secondary N) is 1. The zero-order chi connectivity index (χ0) is 12.0. The molecule has 0 aromatic heterocycles. The summed E-state index contributed by atoms with van der Waals surface area (Å²) in [5.74, 6) is -0.172. The first-order valence-corrected chi connectivity index (χ1v) is 5.78. The molecule has 1 aliphatic heterocycles. The van der Waals surface area contributed by atoms with Crippen molar-refractivity contribution in [1.29, 1.82) is 0 Å². The van der Waals surface area contributed by atoms with Gasteiger partial charge in [-0.15, -0.1) is 12.4 Å². The molecule has 0 bridgehead atoms. The van der Waals surface area contributed by atoms with Crippen LogP contribution in [0, 0.1) is 0 Å². The maximum atomic E-state index is 12.0. The molecule has 1 fully saturated rings. The van der Waals surface area contributed by atoms with Gasteiger partial charge in [0.25, 0.3) is 0 Å². The van der Waals surface area contributed by atoms with Crippen LogP contribution in [0.2, 0.25) is 0 Å². The second-order valence-corrected chi connectivity index (χ2v) is 3.89. The molecule has 1 atom stereocenters. The summed E-state index contributed by atoms with van der Waals surface area (Å²) in [7, 11) is 1.36. The predicted octanol–water partition coefficient (Wildman–Crippen LogP) is 0.572. The van der Waals surface area contributed by atoms with Crippen molar-refractivity contribution in [3.8, 4) is 0 Å². The lowest BCUT2D eigenvalue weighted by Crippen LogP contribution is -2.44. The number of carbonyl (C=O) groups is 2. The Kier molecular flexibility index (Phi) is 7.91. The SMILES string of the molecule is CCN(CCC(=O)OC)C(=O)C1CCCN1.Cl. The first-order valence-electron chi connectivity index (χ1n) is 5.78. The first-order chi connectivity index (χ1) is 7.69. The number of esters is 1. The second-order valence-electron chi connectivity index (χ2n) is 3.89. The summed E-state index contributed by atoms with van der Waals surface area (Å²) in [5, 5.41) is 3.17. The van der Waals surface area contributed by atoms with E-state index in [1.807, 2.05) is 6.92 Å². The summed E-state index contributed by atoms with van der Waals surface area (Å²) in [4.78, 5) is 24.7. The van der Waals surface area contributed by atoms with Crippen LogP contribution >= 0.6 is 12.4 Å². The molecule has 1 aliphatic rings. The van der Waals surface area contributed by atoms with E-state index in [1.165, 1.54) is 7.11 Å². The molecule has 1 amide bonds. The number of likely N-dealkylation sites (N-methyl/N-ethyl adjacent to an activating group) is 1. The van der Waals surface area contributed by atoms with Gasteiger partial charge in [0.1, 0.15) is 0 Å². The number of rotatable bonds is 5. The lowest BCUT2D eigenvalue weighted by Gasteiger charge is -2.23. The Bertz CT molecular complexity index is 255. The number of carbonyl (C=O) groups excluding carboxylic acids is 2. The van der Waals surface area contributed by atoms with E-state index in [1.54, 1.807) is 4.90 Å². The van der Waals surface area contributed by atoms with E-state index in [9.17, 15) is 9.59 Å². The molecule has 1 rings (SSSR count). The molecular formula is C11H21ClN2O3. The van der Waals surface area contributed by atoms with E-state index in [0.717, 1.165) is 19.4 Å². The fourth-order valence-electron chi connectivity index (χ4n) is 1.87. The van der Waals surface area contributed by atoms with Gasteiger partial charge < -0.3 is 15.0 Å². The number of ether oxygens (including phenoxy) is 1. The quantitative estimate of drug-likeness (QED) is 0.738. The number of hydrogen-bond acceptors (Lipinski definition) is 4. The second kappa shape index (κ2) is 8.31. The van der Waals surface area contributed by atoms with Gasteiger partial charge in [0, 0.05) is 13.1 Å². The third-order valence-corrected chi connectivity index (χ3v) is 2.87. The molecule has 0 radical (unpaired) electrons. The van der Waals surface area contributed by atoms with E-state index in [2.05, 4.69) is 10.1 Å². The highest BCUT2D eigenvalue weighted by Crippen LogP contribution is 2.09. The Balaban J connectivity index is 0.00000256. The number of methoxy groups -OCH3 is 1. The molecule has 0 spiro atoms. The summed E-state index contributed by atoms with van der Waals surface area (Å²) >= 11 is 0. The fraction of sp³-hybridized carbons (Fsp3) is 0.818. The Morgan fingerprint density at radius 3 is 2.65 bits per heavy atom. The van der Waals surface area contributed by atoms with Crippen molar-refractivity contribution in [2.75, 3.05) is 26.7 Å². The molecule has 5 nitrogen and oxygen atoms in total. The maximum absolute atomic E-state index is 12.0. The Morgan fingerprint density at radius 1 is 1.47 bits per heavy atom. The molecule has 0 saturated carbocycles. The van der Waals surface area contributed by atoms with Crippen molar-refractivity contribution >= 4 is 24.3 Å². The summed E-state index contributed by atoms with van der Waals surface area (Å²) in [6.45, 7) is 3.91. The van der Waals surface area contributed by atoms with Gasteiger partial charge in [-0.2, -0.15) is 0 Å². The van der Waals surface area contributed by atoms with Crippen molar-refractivity contribution in [3.05, 3.63) is 0 Å². The number of amides is 1. The van der Waals surface area contributed by atoms with Gasteiger partial charge >= 0.3 is 5.97 Å². The smallest absolute Gasteiger partial charge is 0.307 e. The normalized spacial score (nSPS) is 18.4. The molecule has 1 N–H and O–H groups in total. The molecular weight excluding hydrogens is 244 g/mol. The third kappa shape index (κ3) is 4.91. The van der Waals surface area contributed by atoms with Crippen molar-refractivity contribution in [3.63, 3.8) is 0 Å². The topological polar surface area (TPSA) is 58.6 Å². The van der Waals surface area contributed by atoms with E-state index >= 15 is 0 Å². The van der Waals surface area contributed by atoms with E-state index in [0.29, 0.717) is 13.1 Å². The van der Waals surface area contributed by atoms with Crippen LogP contribution in [0.15, 0.2) is 0 Å². The van der Waals surface area contributed by atoms with Crippen molar-refractivity contribution in [2.24, 2.45) is 0 Å². The maximum Gasteiger partial charge on any atom is 0.307 e. The first kappa shape index (κ1) is 16.2. The molecule has 1 unspecified atom stereocenters. The number of hydrogen-bond donors (Lipinski definition) is 1. The number of halogens is 1. The lowest BCUT2D eigenvalue weighted by molar-refractivity contribution is -0.142. The number of nitrogens with zero attached hydrogens (tertiary/aromatic N) is 1. The van der Waals surface area contributed by atoms with E-state index in [4.69, 9.17) is 0 Å². The van der Waals surface area contributed by atoms with Crippen LogP contribution in [0.3, 0.4) is 0 Å². The Morgan fingerprint density at radius 2 is 2.18 bits per heavy atom.